The molecule has 3 heterocycles. The fourth-order valence-corrected chi connectivity index (χ4v) is 3.25. The molecule has 6 heteroatoms. The number of carbonyl (C=O) groups excluding carboxylic acids is 1. The number of anilines is 1. The predicted octanol–water partition coefficient (Wildman–Crippen LogP) is 3.29. The maximum Gasteiger partial charge on any atom is 0.407 e. The first-order valence-electron chi connectivity index (χ1n) is 8.69. The van der Waals surface area contributed by atoms with E-state index in [0.717, 1.165) is 35.4 Å². The summed E-state index contributed by atoms with van der Waals surface area (Å²) in [6.45, 7) is 11.3. The number of aryl methyl sites for hydroxylation is 1. The van der Waals surface area contributed by atoms with Crippen LogP contribution in [0, 0.1) is 12.8 Å². The van der Waals surface area contributed by atoms with Gasteiger partial charge in [-0.05, 0) is 45.7 Å². The van der Waals surface area contributed by atoms with Crippen LogP contribution in [0.3, 0.4) is 0 Å². The summed E-state index contributed by atoms with van der Waals surface area (Å²) in [5.41, 5.74) is 2.43. The van der Waals surface area contributed by atoms with Crippen LogP contribution in [0.5, 0.6) is 0 Å². The van der Waals surface area contributed by atoms with Gasteiger partial charge in [0, 0.05) is 24.7 Å². The molecule has 2 aromatic heterocycles. The second kappa shape index (κ2) is 6.50. The Balaban J connectivity index is 1.78. The molecule has 1 N–H and O–H groups in total. The van der Waals surface area contributed by atoms with Gasteiger partial charge in [-0.1, -0.05) is 6.92 Å². The van der Waals surface area contributed by atoms with Crippen molar-refractivity contribution in [3.63, 3.8) is 0 Å². The number of aromatic nitrogens is 2. The van der Waals surface area contributed by atoms with Crippen molar-refractivity contribution in [3.8, 4) is 0 Å². The molecular weight excluding hydrogens is 316 g/mol. The zero-order valence-corrected chi connectivity index (χ0v) is 15.5. The third-order valence-corrected chi connectivity index (χ3v) is 4.46. The number of hydrogen-bond donors (Lipinski definition) is 1. The predicted molar refractivity (Wildman–Crippen MR) is 98.8 cm³/mol. The average Bonchev–Trinajstić information content (AvgIpc) is 2.86. The van der Waals surface area contributed by atoms with Gasteiger partial charge in [-0.2, -0.15) is 0 Å². The molecule has 1 aliphatic rings. The fraction of sp³-hybridized carbons (Fsp3) is 0.526. The Morgan fingerprint density at radius 1 is 1.32 bits per heavy atom. The Hall–Kier alpha value is -2.37. The Morgan fingerprint density at radius 3 is 2.80 bits per heavy atom. The Kier molecular flexibility index (Phi) is 4.54. The molecule has 0 bridgehead atoms. The lowest BCUT2D eigenvalue weighted by Crippen LogP contribution is -2.42. The van der Waals surface area contributed by atoms with Crippen LogP contribution in [0.25, 0.3) is 10.9 Å². The number of hydrogen-bond acceptors (Lipinski definition) is 5. The van der Waals surface area contributed by atoms with Crippen molar-refractivity contribution in [1.82, 2.24) is 15.3 Å². The van der Waals surface area contributed by atoms with E-state index >= 15 is 0 Å². The van der Waals surface area contributed by atoms with Gasteiger partial charge in [0.05, 0.1) is 29.1 Å². The largest absolute Gasteiger partial charge is 0.444 e. The minimum absolute atomic E-state index is 0.0443. The first-order valence-corrected chi connectivity index (χ1v) is 8.69. The van der Waals surface area contributed by atoms with E-state index in [-0.39, 0.29) is 12.1 Å². The van der Waals surface area contributed by atoms with E-state index in [1.807, 2.05) is 40.0 Å². The summed E-state index contributed by atoms with van der Waals surface area (Å²) in [5, 5.41) is 4.10. The number of alkyl carbamates (subject to hydrolysis) is 1. The average molecular weight is 342 g/mol. The molecule has 3 rings (SSSR count). The van der Waals surface area contributed by atoms with Gasteiger partial charge in [0.15, 0.2) is 0 Å². The summed E-state index contributed by atoms with van der Waals surface area (Å²) < 4.78 is 5.38. The second-order valence-electron chi connectivity index (χ2n) is 7.76. The number of rotatable bonds is 2. The van der Waals surface area contributed by atoms with Crippen molar-refractivity contribution >= 4 is 22.7 Å². The summed E-state index contributed by atoms with van der Waals surface area (Å²) in [6.07, 6.45) is 3.34. The zero-order valence-electron chi connectivity index (χ0n) is 15.5. The van der Waals surface area contributed by atoms with Gasteiger partial charge in [-0.25, -0.2) is 4.79 Å². The fourth-order valence-electron chi connectivity index (χ4n) is 3.25. The van der Waals surface area contributed by atoms with E-state index in [4.69, 9.17) is 4.74 Å². The summed E-state index contributed by atoms with van der Waals surface area (Å²) in [7, 11) is 0. The smallest absolute Gasteiger partial charge is 0.407 e. The van der Waals surface area contributed by atoms with E-state index in [2.05, 4.69) is 33.2 Å². The summed E-state index contributed by atoms with van der Waals surface area (Å²) >= 11 is 0. The Bertz CT molecular complexity index is 785. The van der Waals surface area contributed by atoms with Crippen LogP contribution in [-0.2, 0) is 4.74 Å². The van der Waals surface area contributed by atoms with Crippen molar-refractivity contribution in [1.29, 1.82) is 0 Å². The van der Waals surface area contributed by atoms with Gasteiger partial charge < -0.3 is 15.0 Å². The van der Waals surface area contributed by atoms with Crippen LogP contribution in [-0.4, -0.2) is 40.8 Å². The number of ether oxygens (including phenoxy) is 1. The normalized spacial score (nSPS) is 20.8. The van der Waals surface area contributed by atoms with Gasteiger partial charge in [-0.15, -0.1) is 0 Å². The van der Waals surface area contributed by atoms with Crippen molar-refractivity contribution in [2.24, 2.45) is 5.92 Å². The molecule has 134 valence electrons. The third kappa shape index (κ3) is 3.83. The first-order chi connectivity index (χ1) is 11.7. The van der Waals surface area contributed by atoms with Gasteiger partial charge in [-0.3, -0.25) is 9.97 Å². The molecule has 6 nitrogen and oxygen atoms in total. The third-order valence-electron chi connectivity index (χ3n) is 4.46. The highest BCUT2D eigenvalue weighted by atomic mass is 16.6. The molecule has 0 saturated carbocycles. The molecule has 2 aromatic rings. The molecule has 0 aromatic carbocycles. The van der Waals surface area contributed by atoms with Crippen molar-refractivity contribution in [3.05, 3.63) is 30.2 Å². The molecular formula is C19H26N4O2. The number of nitrogens with zero attached hydrogens (tertiary/aromatic N) is 3. The van der Waals surface area contributed by atoms with Crippen LogP contribution in [0.15, 0.2) is 24.5 Å². The highest BCUT2D eigenvalue weighted by Crippen LogP contribution is 2.30. The topological polar surface area (TPSA) is 67.4 Å². The van der Waals surface area contributed by atoms with Crippen LogP contribution >= 0.6 is 0 Å². The van der Waals surface area contributed by atoms with E-state index in [0.29, 0.717) is 5.92 Å². The molecule has 0 spiro atoms. The summed E-state index contributed by atoms with van der Waals surface area (Å²) in [6, 6.07) is 4.07. The standard InChI is InChI=1S/C19H26N4O2/c1-12-10-23(11-15(12)22-18(24)25-19(3,4)5)16-9-21-13(2)17-14(16)7-6-8-20-17/h6-9,12,15H,10-11H2,1-5H3,(H,22,24). The SMILES string of the molecule is Cc1ncc(N2CC(C)C(NC(=O)OC(C)(C)C)C2)c2cccnc12. The lowest BCUT2D eigenvalue weighted by Gasteiger charge is -2.23. The van der Waals surface area contributed by atoms with E-state index in [1.54, 1.807) is 6.20 Å². The molecule has 0 aliphatic carbocycles. The summed E-state index contributed by atoms with van der Waals surface area (Å²) in [4.78, 5) is 23.3. The summed E-state index contributed by atoms with van der Waals surface area (Å²) in [5.74, 6) is 0.320. The van der Waals surface area contributed by atoms with Crippen LogP contribution in [0.1, 0.15) is 33.4 Å². The van der Waals surface area contributed by atoms with E-state index in [1.165, 1.54) is 0 Å². The molecule has 1 amide bonds. The van der Waals surface area contributed by atoms with Crippen LogP contribution < -0.4 is 10.2 Å². The van der Waals surface area contributed by atoms with Crippen molar-refractivity contribution < 1.29 is 9.53 Å². The van der Waals surface area contributed by atoms with Crippen molar-refractivity contribution in [2.45, 2.75) is 46.3 Å². The Morgan fingerprint density at radius 2 is 2.08 bits per heavy atom. The molecule has 2 unspecified atom stereocenters. The highest BCUT2D eigenvalue weighted by Gasteiger charge is 2.33. The number of nitrogens with one attached hydrogen (secondary N) is 1. The molecule has 1 saturated heterocycles. The van der Waals surface area contributed by atoms with Gasteiger partial charge in [0.25, 0.3) is 0 Å². The first kappa shape index (κ1) is 17.5. The molecule has 1 aliphatic heterocycles. The Labute approximate surface area is 148 Å². The van der Waals surface area contributed by atoms with Crippen LogP contribution in [0.4, 0.5) is 10.5 Å². The number of pyridine rings is 2. The van der Waals surface area contributed by atoms with Crippen molar-refractivity contribution in [2.75, 3.05) is 18.0 Å². The highest BCUT2D eigenvalue weighted by molar-refractivity contribution is 5.92. The molecule has 25 heavy (non-hydrogen) atoms. The molecule has 2 atom stereocenters. The lowest BCUT2D eigenvalue weighted by atomic mass is 10.1. The molecule has 0 radical (unpaired) electrons. The van der Waals surface area contributed by atoms with Crippen LogP contribution in [0.2, 0.25) is 0 Å². The second-order valence-corrected chi connectivity index (χ2v) is 7.76. The quantitative estimate of drug-likeness (QED) is 0.907. The maximum absolute atomic E-state index is 12.1. The minimum atomic E-state index is -0.492. The number of amides is 1. The molecule has 1 fully saturated rings. The van der Waals surface area contributed by atoms with E-state index in [9.17, 15) is 4.79 Å². The lowest BCUT2D eigenvalue weighted by molar-refractivity contribution is 0.0499. The minimum Gasteiger partial charge on any atom is -0.444 e. The van der Waals surface area contributed by atoms with Gasteiger partial charge in [0.2, 0.25) is 0 Å². The number of carbonyl (C=O) groups is 1. The van der Waals surface area contributed by atoms with Gasteiger partial charge in [0.1, 0.15) is 5.60 Å². The van der Waals surface area contributed by atoms with E-state index < -0.39 is 5.60 Å². The monoisotopic (exact) mass is 342 g/mol. The maximum atomic E-state index is 12.1. The van der Waals surface area contributed by atoms with Gasteiger partial charge >= 0.3 is 6.09 Å². The number of fused-ring (bicyclic) bond motifs is 1. The zero-order chi connectivity index (χ0) is 18.2.